The minimum atomic E-state index is 0.322. The maximum atomic E-state index is 6.79. The Labute approximate surface area is 310 Å². The van der Waals surface area contributed by atoms with Gasteiger partial charge in [0.15, 0.2) is 0 Å². The fraction of sp³-hybridized carbons (Fsp3) is 0.404. The fourth-order valence-electron chi connectivity index (χ4n) is 8.69. The van der Waals surface area contributed by atoms with Crippen LogP contribution in [0.5, 0.6) is 11.5 Å². The highest BCUT2D eigenvalue weighted by atomic mass is 16.5. The molecule has 1 unspecified atom stereocenters. The van der Waals surface area contributed by atoms with E-state index in [1.54, 1.807) is 5.57 Å². The summed E-state index contributed by atoms with van der Waals surface area (Å²) in [5, 5.41) is 7.66. The van der Waals surface area contributed by atoms with E-state index in [2.05, 4.69) is 158 Å². The minimum Gasteiger partial charge on any atom is -0.457 e. The predicted molar refractivity (Wildman–Crippen MR) is 217 cm³/mol. The molecule has 0 saturated heterocycles. The van der Waals surface area contributed by atoms with Crippen molar-refractivity contribution in [3.05, 3.63) is 119 Å². The van der Waals surface area contributed by atoms with Crippen molar-refractivity contribution < 1.29 is 4.74 Å². The van der Waals surface area contributed by atoms with Gasteiger partial charge in [0.2, 0.25) is 0 Å². The van der Waals surface area contributed by atoms with E-state index in [1.165, 1.54) is 39.6 Å². The number of ether oxygens (including phenoxy) is 1. The van der Waals surface area contributed by atoms with Gasteiger partial charge in [0, 0.05) is 46.3 Å². The molecular formula is C47H56N4O. The van der Waals surface area contributed by atoms with Crippen LogP contribution >= 0.6 is 0 Å². The van der Waals surface area contributed by atoms with Gasteiger partial charge in [-0.2, -0.15) is 5.10 Å². The van der Waals surface area contributed by atoms with E-state index < -0.39 is 0 Å². The van der Waals surface area contributed by atoms with Crippen LogP contribution in [-0.2, 0) is 0 Å². The van der Waals surface area contributed by atoms with Crippen LogP contribution in [-0.4, -0.2) is 19.3 Å². The van der Waals surface area contributed by atoms with E-state index >= 15 is 0 Å². The van der Waals surface area contributed by atoms with E-state index in [9.17, 15) is 0 Å². The smallest absolute Gasteiger partial charge is 0.137 e. The Kier molecular flexibility index (Phi) is 9.67. The molecule has 270 valence electrons. The summed E-state index contributed by atoms with van der Waals surface area (Å²) in [4.78, 5) is 4.77. The summed E-state index contributed by atoms with van der Waals surface area (Å²) in [6.45, 7) is 25.4. The second kappa shape index (κ2) is 14.1. The molecule has 0 radical (unpaired) electrons. The Balaban J connectivity index is 1.32. The van der Waals surface area contributed by atoms with Crippen molar-refractivity contribution in [3.63, 3.8) is 0 Å². The van der Waals surface area contributed by atoms with E-state index in [4.69, 9.17) is 14.8 Å². The minimum absolute atomic E-state index is 0.322. The highest BCUT2D eigenvalue weighted by Gasteiger charge is 2.39. The van der Waals surface area contributed by atoms with Gasteiger partial charge < -0.3 is 4.74 Å². The fourth-order valence-corrected chi connectivity index (χ4v) is 8.69. The molecule has 3 aromatic heterocycles. The largest absolute Gasteiger partial charge is 0.457 e. The van der Waals surface area contributed by atoms with Gasteiger partial charge in [-0.05, 0) is 116 Å². The van der Waals surface area contributed by atoms with Crippen LogP contribution < -0.4 is 4.74 Å². The van der Waals surface area contributed by atoms with E-state index in [0.29, 0.717) is 41.4 Å². The van der Waals surface area contributed by atoms with Crippen LogP contribution in [0, 0.1) is 50.4 Å². The normalized spacial score (nSPS) is 18.1. The van der Waals surface area contributed by atoms with Gasteiger partial charge in [0.25, 0.3) is 0 Å². The van der Waals surface area contributed by atoms with Crippen LogP contribution in [0.1, 0.15) is 102 Å². The van der Waals surface area contributed by atoms with Crippen molar-refractivity contribution in [2.24, 2.45) is 29.6 Å². The number of hydrogen-bond acceptors (Lipinski definition) is 3. The summed E-state index contributed by atoms with van der Waals surface area (Å²) >= 11 is 0. The third kappa shape index (κ3) is 6.48. The van der Waals surface area contributed by atoms with E-state index in [1.807, 2.05) is 12.3 Å². The topological polar surface area (TPSA) is 44.9 Å². The van der Waals surface area contributed by atoms with Crippen LogP contribution in [0.3, 0.4) is 0 Å². The molecule has 1 aliphatic carbocycles. The lowest BCUT2D eigenvalue weighted by Gasteiger charge is -2.41. The Bertz CT molecular complexity index is 2280. The molecule has 0 bridgehead atoms. The zero-order valence-electron chi connectivity index (χ0n) is 33.0. The SMILES string of the molecule is Cc1ccnc(-n2c3ccccc3c3ccc(Oc4cc(C(C)C)cc(-n5nc(C)c(C6C(C(C)C)=C[C@H](C(C)C)C[C@@H]6C(C)C)c5C)c4)cc32)c1. The first-order valence-corrected chi connectivity index (χ1v) is 19.4. The van der Waals surface area contributed by atoms with Crippen molar-refractivity contribution >= 4 is 21.8 Å². The molecule has 3 aromatic carbocycles. The number of hydrogen-bond donors (Lipinski definition) is 0. The molecule has 7 rings (SSSR count). The molecule has 0 saturated carbocycles. The maximum absolute atomic E-state index is 6.79. The van der Waals surface area contributed by atoms with Gasteiger partial charge in [-0.1, -0.05) is 85.2 Å². The summed E-state index contributed by atoms with van der Waals surface area (Å²) < 4.78 is 11.2. The molecule has 5 heteroatoms. The Morgan fingerprint density at radius 3 is 2.17 bits per heavy atom. The standard InChI is InChI=1S/C47H56N4O/c1-27(2)34-21-36(51-33(11)46(32(10)49-51)47-41(29(5)6)23-35(28(3)4)24-42(47)30(7)8)25-38(22-34)52-37-16-17-40-39-14-12-13-15-43(39)50(44(40)26-37)45-20-31(9)18-19-48-45/h12-23,25-30,35,42,47H,24H2,1-11H3/t35-,42+,47?/m0/s1. The number of pyridine rings is 1. The van der Waals surface area contributed by atoms with Crippen molar-refractivity contribution in [2.45, 2.75) is 94.4 Å². The zero-order valence-corrected chi connectivity index (χ0v) is 33.0. The monoisotopic (exact) mass is 692 g/mol. The summed E-state index contributed by atoms with van der Waals surface area (Å²) in [5.41, 5.74) is 11.0. The highest BCUT2D eigenvalue weighted by Crippen LogP contribution is 2.50. The molecule has 5 nitrogen and oxygen atoms in total. The number of para-hydroxylation sites is 1. The Morgan fingerprint density at radius 1 is 0.731 bits per heavy atom. The lowest BCUT2D eigenvalue weighted by molar-refractivity contribution is 0.232. The molecule has 3 heterocycles. The predicted octanol–water partition coefficient (Wildman–Crippen LogP) is 12.8. The van der Waals surface area contributed by atoms with Crippen molar-refractivity contribution in [2.75, 3.05) is 0 Å². The molecule has 0 spiro atoms. The molecule has 3 atom stereocenters. The number of fused-ring (bicyclic) bond motifs is 3. The van der Waals surface area contributed by atoms with Crippen molar-refractivity contribution in [1.29, 1.82) is 0 Å². The molecule has 0 N–H and O–H groups in total. The molecule has 6 aromatic rings. The average Bonchev–Trinajstić information content (AvgIpc) is 3.59. The lowest BCUT2D eigenvalue weighted by atomic mass is 9.63. The molecule has 0 aliphatic heterocycles. The molecule has 1 aliphatic rings. The average molecular weight is 693 g/mol. The van der Waals surface area contributed by atoms with Gasteiger partial charge in [-0.25, -0.2) is 9.67 Å². The third-order valence-corrected chi connectivity index (χ3v) is 11.6. The molecule has 0 amide bonds. The van der Waals surface area contributed by atoms with Crippen LogP contribution in [0.4, 0.5) is 0 Å². The molecular weight excluding hydrogens is 637 g/mol. The molecule has 52 heavy (non-hydrogen) atoms. The van der Waals surface area contributed by atoms with Gasteiger partial charge in [0.05, 0.1) is 22.4 Å². The maximum Gasteiger partial charge on any atom is 0.137 e. The summed E-state index contributed by atoms with van der Waals surface area (Å²) in [7, 11) is 0. The first kappa shape index (κ1) is 35.7. The number of aryl methyl sites for hydroxylation is 2. The number of aromatic nitrogens is 4. The van der Waals surface area contributed by atoms with Gasteiger partial charge in [-0.3, -0.25) is 4.57 Å². The zero-order chi connectivity index (χ0) is 37.0. The Hall–Kier alpha value is -4.64. The summed E-state index contributed by atoms with van der Waals surface area (Å²) in [5.74, 6) is 6.10. The van der Waals surface area contributed by atoms with Gasteiger partial charge in [0.1, 0.15) is 17.3 Å². The first-order chi connectivity index (χ1) is 24.8. The molecule has 0 fully saturated rings. The van der Waals surface area contributed by atoms with E-state index in [-0.39, 0.29) is 0 Å². The lowest BCUT2D eigenvalue weighted by Crippen LogP contribution is -2.31. The van der Waals surface area contributed by atoms with Crippen LogP contribution in [0.15, 0.2) is 90.6 Å². The second-order valence-electron chi connectivity index (χ2n) is 16.6. The number of allylic oxidation sites excluding steroid dienone is 2. The highest BCUT2D eigenvalue weighted by molar-refractivity contribution is 6.09. The van der Waals surface area contributed by atoms with Crippen LogP contribution in [0.25, 0.3) is 33.3 Å². The Morgan fingerprint density at radius 2 is 1.48 bits per heavy atom. The van der Waals surface area contributed by atoms with Crippen molar-refractivity contribution in [3.8, 4) is 23.0 Å². The van der Waals surface area contributed by atoms with Gasteiger partial charge in [-0.15, -0.1) is 0 Å². The first-order valence-electron chi connectivity index (χ1n) is 19.4. The third-order valence-electron chi connectivity index (χ3n) is 11.6. The van der Waals surface area contributed by atoms with Crippen LogP contribution in [0.2, 0.25) is 0 Å². The summed E-state index contributed by atoms with van der Waals surface area (Å²) in [6, 6.07) is 25.8. The second-order valence-corrected chi connectivity index (χ2v) is 16.6. The number of nitrogens with zero attached hydrogens (tertiary/aromatic N) is 4. The number of rotatable bonds is 9. The number of benzene rings is 3. The quantitative estimate of drug-likeness (QED) is 0.142. The summed E-state index contributed by atoms with van der Waals surface area (Å²) in [6.07, 6.45) is 5.74. The van der Waals surface area contributed by atoms with Gasteiger partial charge >= 0.3 is 0 Å². The van der Waals surface area contributed by atoms with E-state index in [0.717, 1.165) is 39.7 Å². The van der Waals surface area contributed by atoms with Crippen molar-refractivity contribution in [1.82, 2.24) is 19.3 Å².